The van der Waals surface area contributed by atoms with Crippen molar-refractivity contribution in [1.29, 1.82) is 0 Å². The lowest BCUT2D eigenvalue weighted by Crippen LogP contribution is -2.31. The summed E-state index contributed by atoms with van der Waals surface area (Å²) >= 11 is 0. The third kappa shape index (κ3) is 8.38. The summed E-state index contributed by atoms with van der Waals surface area (Å²) in [5.74, 6) is 0. The number of hydrogen-bond acceptors (Lipinski definition) is 2. The van der Waals surface area contributed by atoms with Gasteiger partial charge in [-0.15, -0.1) is 0 Å². The highest BCUT2D eigenvalue weighted by molar-refractivity contribution is 4.64. The van der Waals surface area contributed by atoms with Crippen LogP contribution in [0, 0.1) is 0 Å². The molecule has 1 N–H and O–H groups in total. The van der Waals surface area contributed by atoms with E-state index in [1.165, 1.54) is 0 Å². The maximum absolute atomic E-state index is 11.8. The van der Waals surface area contributed by atoms with Gasteiger partial charge in [0.15, 0.2) is 0 Å². The largest absolute Gasteiger partial charge is 0.373 e. The zero-order valence-electron chi connectivity index (χ0n) is 9.22. The highest BCUT2D eigenvalue weighted by atomic mass is 19.3. The quantitative estimate of drug-likeness (QED) is 0.663. The molecule has 0 bridgehead atoms. The Kier molecular flexibility index (Phi) is 7.99. The molecule has 2 nitrogen and oxygen atoms in total. The fourth-order valence-corrected chi connectivity index (χ4v) is 1.28. The molecule has 0 aromatic carbocycles. The van der Waals surface area contributed by atoms with Crippen molar-refractivity contribution in [2.45, 2.75) is 52.2 Å². The summed E-state index contributed by atoms with van der Waals surface area (Å²) < 4.78 is 28.6. The lowest BCUT2D eigenvalue weighted by molar-refractivity contribution is -0.0223. The average Bonchev–Trinajstić information content (AvgIpc) is 2.11. The van der Waals surface area contributed by atoms with E-state index in [0.717, 1.165) is 19.4 Å². The second kappa shape index (κ2) is 8.12. The highest BCUT2D eigenvalue weighted by Crippen LogP contribution is 2.04. The number of ether oxygens (including phenoxy) is 1. The van der Waals surface area contributed by atoms with Gasteiger partial charge >= 0.3 is 0 Å². The molecule has 0 aromatic heterocycles. The van der Waals surface area contributed by atoms with E-state index < -0.39 is 13.0 Å². The summed E-state index contributed by atoms with van der Waals surface area (Å²) in [6.07, 6.45) is -0.622. The van der Waals surface area contributed by atoms with Crippen LogP contribution in [-0.2, 0) is 4.74 Å². The molecule has 0 rings (SSSR count). The molecule has 0 radical (unpaired) electrons. The van der Waals surface area contributed by atoms with Gasteiger partial charge in [-0.05, 0) is 33.2 Å². The fourth-order valence-electron chi connectivity index (χ4n) is 1.28. The lowest BCUT2D eigenvalue weighted by atomic mass is 10.1. The monoisotopic (exact) mass is 209 g/mol. The van der Waals surface area contributed by atoms with E-state index in [4.69, 9.17) is 4.74 Å². The summed E-state index contributed by atoms with van der Waals surface area (Å²) in [7, 11) is 0. The van der Waals surface area contributed by atoms with Crippen LogP contribution in [-0.4, -0.2) is 31.7 Å². The predicted octanol–water partition coefficient (Wildman–Crippen LogP) is 2.43. The second-order valence-electron chi connectivity index (χ2n) is 3.63. The van der Waals surface area contributed by atoms with Gasteiger partial charge in [0.1, 0.15) is 6.61 Å². The van der Waals surface area contributed by atoms with E-state index >= 15 is 0 Å². The van der Waals surface area contributed by atoms with Crippen molar-refractivity contribution >= 4 is 0 Å². The Balaban J connectivity index is 3.44. The van der Waals surface area contributed by atoms with Gasteiger partial charge in [0, 0.05) is 6.04 Å². The Morgan fingerprint density at radius 2 is 1.93 bits per heavy atom. The van der Waals surface area contributed by atoms with Crippen molar-refractivity contribution in [3.63, 3.8) is 0 Å². The molecule has 0 aliphatic carbocycles. The van der Waals surface area contributed by atoms with Crippen LogP contribution >= 0.6 is 0 Å². The van der Waals surface area contributed by atoms with Gasteiger partial charge in [0.25, 0.3) is 6.43 Å². The summed E-state index contributed by atoms with van der Waals surface area (Å²) in [5, 5.41) is 3.28. The van der Waals surface area contributed by atoms with Gasteiger partial charge < -0.3 is 10.1 Å². The molecule has 4 heteroatoms. The van der Waals surface area contributed by atoms with Crippen LogP contribution in [0.1, 0.15) is 33.6 Å². The van der Waals surface area contributed by atoms with E-state index in [-0.39, 0.29) is 6.10 Å². The van der Waals surface area contributed by atoms with E-state index in [1.54, 1.807) is 0 Å². The smallest absolute Gasteiger partial charge is 0.261 e. The van der Waals surface area contributed by atoms with Crippen LogP contribution in [0.25, 0.3) is 0 Å². The zero-order chi connectivity index (χ0) is 11.0. The molecule has 86 valence electrons. The molecule has 14 heavy (non-hydrogen) atoms. The molecule has 0 aliphatic heterocycles. The van der Waals surface area contributed by atoms with Crippen molar-refractivity contribution in [3.05, 3.63) is 0 Å². The maximum atomic E-state index is 11.8. The van der Waals surface area contributed by atoms with Gasteiger partial charge in [-0.25, -0.2) is 8.78 Å². The third-order valence-electron chi connectivity index (χ3n) is 1.94. The minimum absolute atomic E-state index is 0.108. The number of rotatable bonds is 8. The van der Waals surface area contributed by atoms with Crippen LogP contribution in [0.2, 0.25) is 0 Å². The standard InChI is InChI=1S/C10H21F2NO/c1-4-5-13-8(2)6-9(3)14-7-10(11)12/h8-10,13H,4-7H2,1-3H3. The van der Waals surface area contributed by atoms with Crippen molar-refractivity contribution in [2.24, 2.45) is 0 Å². The van der Waals surface area contributed by atoms with Crippen LogP contribution in [0.3, 0.4) is 0 Å². The van der Waals surface area contributed by atoms with E-state index in [0.29, 0.717) is 6.04 Å². The molecule has 0 aromatic rings. The molecule has 2 unspecified atom stereocenters. The Labute approximate surface area is 85.0 Å². The van der Waals surface area contributed by atoms with Gasteiger partial charge in [-0.3, -0.25) is 0 Å². The summed E-state index contributed by atoms with van der Waals surface area (Å²) in [5.41, 5.74) is 0. The van der Waals surface area contributed by atoms with Gasteiger partial charge in [-0.1, -0.05) is 6.92 Å². The van der Waals surface area contributed by atoms with Gasteiger partial charge in [0.2, 0.25) is 0 Å². The van der Waals surface area contributed by atoms with Gasteiger partial charge in [0.05, 0.1) is 6.10 Å². The van der Waals surface area contributed by atoms with E-state index in [1.807, 2.05) is 13.8 Å². The molecule has 0 aliphatic rings. The Hall–Kier alpha value is -0.220. The number of hydrogen-bond donors (Lipinski definition) is 1. The molecule has 0 saturated heterocycles. The van der Waals surface area contributed by atoms with Gasteiger partial charge in [-0.2, -0.15) is 0 Å². The molecular weight excluding hydrogens is 188 g/mol. The number of nitrogens with one attached hydrogen (secondary N) is 1. The maximum Gasteiger partial charge on any atom is 0.261 e. The van der Waals surface area contributed by atoms with Crippen molar-refractivity contribution in [2.75, 3.05) is 13.2 Å². The van der Waals surface area contributed by atoms with E-state index in [9.17, 15) is 8.78 Å². The lowest BCUT2D eigenvalue weighted by Gasteiger charge is -2.18. The first kappa shape index (κ1) is 13.8. The van der Waals surface area contributed by atoms with Crippen molar-refractivity contribution in [1.82, 2.24) is 5.32 Å². The summed E-state index contributed by atoms with van der Waals surface area (Å²) in [6.45, 7) is 6.46. The topological polar surface area (TPSA) is 21.3 Å². The molecular formula is C10H21F2NO. The minimum atomic E-state index is -2.36. The normalized spacial score (nSPS) is 15.9. The second-order valence-corrected chi connectivity index (χ2v) is 3.63. The highest BCUT2D eigenvalue weighted by Gasteiger charge is 2.10. The van der Waals surface area contributed by atoms with Crippen LogP contribution in [0.5, 0.6) is 0 Å². The molecule has 0 heterocycles. The minimum Gasteiger partial charge on any atom is -0.373 e. The molecule has 0 saturated carbocycles. The first-order valence-electron chi connectivity index (χ1n) is 5.19. The molecule has 0 amide bonds. The van der Waals surface area contributed by atoms with Crippen molar-refractivity contribution in [3.8, 4) is 0 Å². The average molecular weight is 209 g/mol. The van der Waals surface area contributed by atoms with Crippen LogP contribution < -0.4 is 5.32 Å². The number of alkyl halides is 2. The van der Waals surface area contributed by atoms with Crippen LogP contribution in [0.4, 0.5) is 8.78 Å². The molecule has 0 spiro atoms. The van der Waals surface area contributed by atoms with Crippen LogP contribution in [0.15, 0.2) is 0 Å². The molecule has 2 atom stereocenters. The Morgan fingerprint density at radius 1 is 1.29 bits per heavy atom. The van der Waals surface area contributed by atoms with E-state index in [2.05, 4.69) is 12.2 Å². The zero-order valence-corrected chi connectivity index (χ0v) is 9.22. The fraction of sp³-hybridized carbons (Fsp3) is 1.00. The number of halogens is 2. The Morgan fingerprint density at radius 3 is 2.43 bits per heavy atom. The summed E-state index contributed by atoms with van der Waals surface area (Å²) in [6, 6.07) is 0.322. The van der Waals surface area contributed by atoms with Crippen molar-refractivity contribution < 1.29 is 13.5 Å². The first-order chi connectivity index (χ1) is 6.56. The molecule has 0 fully saturated rings. The summed E-state index contributed by atoms with van der Waals surface area (Å²) in [4.78, 5) is 0. The predicted molar refractivity (Wildman–Crippen MR) is 53.8 cm³/mol. The first-order valence-corrected chi connectivity index (χ1v) is 5.19. The Bertz CT molecular complexity index is 133. The SMILES string of the molecule is CCCNC(C)CC(C)OCC(F)F. The third-order valence-corrected chi connectivity index (χ3v) is 1.94.